The Morgan fingerprint density at radius 2 is 1.96 bits per heavy atom. The van der Waals surface area contributed by atoms with Gasteiger partial charge in [-0.3, -0.25) is 14.5 Å². The molecular weight excluding hydrogens is 328 g/mol. The summed E-state index contributed by atoms with van der Waals surface area (Å²) in [6.45, 7) is 0. The van der Waals surface area contributed by atoms with E-state index in [0.717, 1.165) is 31.4 Å². The van der Waals surface area contributed by atoms with Crippen LogP contribution in [0, 0.1) is 0 Å². The Labute approximate surface area is 144 Å². The second-order valence-electron chi connectivity index (χ2n) is 5.94. The fourth-order valence-corrected chi connectivity index (χ4v) is 4.20. The largest absolute Gasteiger partial charge is 0.497 e. The summed E-state index contributed by atoms with van der Waals surface area (Å²) in [4.78, 5) is 30.2. The average molecular weight is 348 g/mol. The van der Waals surface area contributed by atoms with E-state index in [1.807, 2.05) is 0 Å². The van der Waals surface area contributed by atoms with Gasteiger partial charge in [-0.25, -0.2) is 4.99 Å². The van der Waals surface area contributed by atoms with E-state index in [1.165, 1.54) is 11.8 Å². The molecule has 1 N–H and O–H groups in total. The molecule has 1 aliphatic carbocycles. The predicted octanol–water partition coefficient (Wildman–Crippen LogP) is 3.04. The van der Waals surface area contributed by atoms with Crippen molar-refractivity contribution in [2.24, 2.45) is 4.99 Å². The number of amides is 1. The van der Waals surface area contributed by atoms with E-state index in [2.05, 4.69) is 4.99 Å². The van der Waals surface area contributed by atoms with Crippen molar-refractivity contribution in [1.29, 1.82) is 0 Å². The van der Waals surface area contributed by atoms with Crippen molar-refractivity contribution in [3.05, 3.63) is 24.3 Å². The molecular formula is C17H20N2O4S. The van der Waals surface area contributed by atoms with Gasteiger partial charge in [-0.05, 0) is 37.1 Å². The number of ether oxygens (including phenoxy) is 1. The number of carbonyl (C=O) groups is 2. The van der Waals surface area contributed by atoms with E-state index in [9.17, 15) is 14.7 Å². The van der Waals surface area contributed by atoms with Gasteiger partial charge in [0.1, 0.15) is 11.0 Å². The van der Waals surface area contributed by atoms with Gasteiger partial charge in [-0.2, -0.15) is 0 Å². The van der Waals surface area contributed by atoms with Crippen LogP contribution in [0.4, 0.5) is 5.69 Å². The Hall–Kier alpha value is -2.02. The van der Waals surface area contributed by atoms with E-state index in [4.69, 9.17) is 4.74 Å². The number of aliphatic carboxylic acids is 1. The zero-order chi connectivity index (χ0) is 17.1. The third-order valence-corrected chi connectivity index (χ3v) is 5.50. The number of nitrogens with zero attached hydrogens (tertiary/aromatic N) is 2. The van der Waals surface area contributed by atoms with Gasteiger partial charge in [0.05, 0.1) is 19.2 Å². The second-order valence-corrected chi connectivity index (χ2v) is 7.11. The highest BCUT2D eigenvalue weighted by atomic mass is 32.2. The standard InChI is InChI=1S/C17H20N2O4S/c1-23-13-8-6-11(7-9-13)18-17-19(12-4-2-3-5-12)15(20)10-14(24-17)16(21)22/h6-9,12,14H,2-5,10H2,1H3,(H,21,22). The first kappa shape index (κ1) is 16.8. The maximum absolute atomic E-state index is 12.5. The van der Waals surface area contributed by atoms with Crippen molar-refractivity contribution in [2.45, 2.75) is 43.4 Å². The number of hydrogen-bond donors (Lipinski definition) is 1. The number of aliphatic imine (C=N–C) groups is 1. The molecule has 1 aromatic carbocycles. The van der Waals surface area contributed by atoms with Crippen LogP contribution in [0.1, 0.15) is 32.1 Å². The van der Waals surface area contributed by atoms with Crippen molar-refractivity contribution < 1.29 is 19.4 Å². The van der Waals surface area contributed by atoms with Crippen molar-refractivity contribution in [1.82, 2.24) is 4.90 Å². The molecule has 1 atom stereocenters. The van der Waals surface area contributed by atoms with E-state index in [-0.39, 0.29) is 18.4 Å². The molecule has 1 aromatic rings. The first-order chi connectivity index (χ1) is 11.6. The van der Waals surface area contributed by atoms with Crippen LogP contribution in [0.15, 0.2) is 29.3 Å². The van der Waals surface area contributed by atoms with Crippen molar-refractivity contribution in [3.8, 4) is 5.75 Å². The molecule has 0 spiro atoms. The van der Waals surface area contributed by atoms with Crippen molar-refractivity contribution >= 4 is 34.5 Å². The van der Waals surface area contributed by atoms with Crippen molar-refractivity contribution in [2.75, 3.05) is 7.11 Å². The van der Waals surface area contributed by atoms with E-state index in [0.29, 0.717) is 10.9 Å². The maximum atomic E-state index is 12.5. The summed E-state index contributed by atoms with van der Waals surface area (Å²) in [6.07, 6.45) is 4.12. The first-order valence-corrected chi connectivity index (χ1v) is 8.90. The molecule has 7 heteroatoms. The van der Waals surface area contributed by atoms with E-state index in [1.54, 1.807) is 36.3 Å². The number of carbonyl (C=O) groups excluding carboxylic acids is 1. The number of carboxylic acid groups (broad SMARTS) is 1. The van der Waals surface area contributed by atoms with E-state index >= 15 is 0 Å². The van der Waals surface area contributed by atoms with Gasteiger partial charge >= 0.3 is 5.97 Å². The van der Waals surface area contributed by atoms with Gasteiger partial charge in [0.2, 0.25) is 5.91 Å². The van der Waals surface area contributed by atoms with Gasteiger partial charge in [0.25, 0.3) is 0 Å². The van der Waals surface area contributed by atoms with Crippen LogP contribution in [0.3, 0.4) is 0 Å². The Kier molecular flexibility index (Phi) is 5.08. The zero-order valence-corrected chi connectivity index (χ0v) is 14.3. The fourth-order valence-electron chi connectivity index (χ4n) is 3.10. The van der Waals surface area contributed by atoms with E-state index < -0.39 is 11.2 Å². The van der Waals surface area contributed by atoms with Crippen LogP contribution >= 0.6 is 11.8 Å². The monoisotopic (exact) mass is 348 g/mol. The number of rotatable bonds is 4. The smallest absolute Gasteiger partial charge is 0.317 e. The number of methoxy groups -OCH3 is 1. The number of hydrogen-bond acceptors (Lipinski definition) is 5. The molecule has 1 unspecified atom stereocenters. The lowest BCUT2D eigenvalue weighted by Gasteiger charge is -2.35. The quantitative estimate of drug-likeness (QED) is 0.905. The molecule has 1 amide bonds. The lowest BCUT2D eigenvalue weighted by molar-refractivity contribution is -0.139. The van der Waals surface area contributed by atoms with Crippen LogP contribution in [-0.2, 0) is 9.59 Å². The topological polar surface area (TPSA) is 79.2 Å². The molecule has 6 nitrogen and oxygen atoms in total. The summed E-state index contributed by atoms with van der Waals surface area (Å²) in [6, 6.07) is 7.33. The highest BCUT2D eigenvalue weighted by Crippen LogP contribution is 2.35. The Morgan fingerprint density at radius 3 is 2.54 bits per heavy atom. The molecule has 128 valence electrons. The van der Waals surface area contributed by atoms with Crippen LogP contribution < -0.4 is 4.74 Å². The Balaban J connectivity index is 1.91. The average Bonchev–Trinajstić information content (AvgIpc) is 3.09. The number of benzene rings is 1. The molecule has 24 heavy (non-hydrogen) atoms. The highest BCUT2D eigenvalue weighted by Gasteiger charge is 2.39. The third-order valence-electron chi connectivity index (χ3n) is 4.34. The molecule has 2 aliphatic rings. The highest BCUT2D eigenvalue weighted by molar-refractivity contribution is 8.15. The predicted molar refractivity (Wildman–Crippen MR) is 92.8 cm³/mol. The maximum Gasteiger partial charge on any atom is 0.317 e. The van der Waals surface area contributed by atoms with Gasteiger partial charge < -0.3 is 9.84 Å². The fraction of sp³-hybridized carbons (Fsp3) is 0.471. The summed E-state index contributed by atoms with van der Waals surface area (Å²) in [5.41, 5.74) is 0.681. The minimum Gasteiger partial charge on any atom is -0.497 e. The lowest BCUT2D eigenvalue weighted by atomic mass is 10.2. The van der Waals surface area contributed by atoms with Gasteiger partial charge in [0, 0.05) is 6.04 Å². The van der Waals surface area contributed by atoms with Crippen LogP contribution in [0.5, 0.6) is 5.75 Å². The van der Waals surface area contributed by atoms with Crippen molar-refractivity contribution in [3.63, 3.8) is 0 Å². The van der Waals surface area contributed by atoms with Crippen LogP contribution in [0.25, 0.3) is 0 Å². The third kappa shape index (κ3) is 3.56. The minimum atomic E-state index is -0.971. The van der Waals surface area contributed by atoms with Crippen LogP contribution in [0.2, 0.25) is 0 Å². The summed E-state index contributed by atoms with van der Waals surface area (Å²) in [5.74, 6) is -0.385. The summed E-state index contributed by atoms with van der Waals surface area (Å²) < 4.78 is 5.13. The lowest BCUT2D eigenvalue weighted by Crippen LogP contribution is -2.48. The first-order valence-electron chi connectivity index (χ1n) is 8.03. The Bertz CT molecular complexity index is 653. The SMILES string of the molecule is COc1ccc(N=C2SC(C(=O)O)CC(=O)N2C2CCCC2)cc1. The molecule has 0 aromatic heterocycles. The van der Waals surface area contributed by atoms with Gasteiger partial charge in [0.15, 0.2) is 5.17 Å². The number of amidine groups is 1. The summed E-state index contributed by atoms with van der Waals surface area (Å²) in [5, 5.41) is 9.02. The number of carboxylic acids is 1. The normalized spacial score (nSPS) is 23.7. The molecule has 1 heterocycles. The van der Waals surface area contributed by atoms with Gasteiger partial charge in [-0.15, -0.1) is 0 Å². The molecule has 3 rings (SSSR count). The molecule has 1 saturated heterocycles. The molecule has 2 fully saturated rings. The second kappa shape index (κ2) is 7.25. The summed E-state index contributed by atoms with van der Waals surface area (Å²) in [7, 11) is 1.59. The zero-order valence-electron chi connectivity index (χ0n) is 13.5. The van der Waals surface area contributed by atoms with Gasteiger partial charge in [-0.1, -0.05) is 24.6 Å². The molecule has 1 aliphatic heterocycles. The molecule has 0 radical (unpaired) electrons. The minimum absolute atomic E-state index is 0.0259. The summed E-state index contributed by atoms with van der Waals surface area (Å²) >= 11 is 1.17. The Morgan fingerprint density at radius 1 is 1.29 bits per heavy atom. The number of thioether (sulfide) groups is 1. The molecule has 0 bridgehead atoms. The van der Waals surface area contributed by atoms with Crippen LogP contribution in [-0.4, -0.2) is 45.5 Å². The molecule has 1 saturated carbocycles.